The molecule has 0 spiro atoms. The van der Waals surface area contributed by atoms with E-state index < -0.39 is 65.5 Å². The van der Waals surface area contributed by atoms with Crippen LogP contribution in [0.5, 0.6) is 0 Å². The van der Waals surface area contributed by atoms with E-state index in [-0.39, 0.29) is 33.9 Å². The third-order valence-electron chi connectivity index (χ3n) is 7.46. The molecule has 2 atom stereocenters. The summed E-state index contributed by atoms with van der Waals surface area (Å²) in [5.74, 6) is 7.08. The second-order valence-corrected chi connectivity index (χ2v) is 12.2. The van der Waals surface area contributed by atoms with Crippen molar-refractivity contribution >= 4 is 30.4 Å². The zero-order chi connectivity index (χ0) is 40.0. The number of benzene rings is 2. The molecule has 4 rings (SSSR count). The minimum atomic E-state index is -4.85. The van der Waals surface area contributed by atoms with E-state index in [9.17, 15) is 40.7 Å². The van der Waals surface area contributed by atoms with Crippen LogP contribution in [-0.4, -0.2) is 47.5 Å². The fourth-order valence-corrected chi connectivity index (χ4v) is 4.97. The minimum Gasteiger partial charge on any atom is -0.426 e. The van der Waals surface area contributed by atoms with Gasteiger partial charge in [0.25, 0.3) is 11.8 Å². The molecule has 21 heteroatoms. The lowest BCUT2D eigenvalue weighted by atomic mass is 9.94. The van der Waals surface area contributed by atoms with Gasteiger partial charge < -0.3 is 9.47 Å². The van der Waals surface area contributed by atoms with E-state index in [1.165, 1.54) is 12.1 Å². The number of carbonyl (C=O) groups is 3. The Bertz CT molecular complexity index is 1900. The molecule has 2 aromatic heterocycles. The lowest BCUT2D eigenvalue weighted by molar-refractivity contribution is -0.138. The summed E-state index contributed by atoms with van der Waals surface area (Å²) < 4.78 is 97.8. The van der Waals surface area contributed by atoms with Crippen LogP contribution >= 0.6 is 0 Å². The monoisotopic (exact) mass is 764 g/mol. The molecule has 0 aliphatic carbocycles. The Balaban J connectivity index is 1.68. The Morgan fingerprint density at radius 2 is 1.04 bits per heavy atom. The molecule has 4 aromatic rings. The van der Waals surface area contributed by atoms with Crippen molar-refractivity contribution in [3.05, 3.63) is 83.5 Å². The number of carbonyl (C=O) groups excluding carboxylic acids is 3. The number of nitrogens with zero attached hydrogens (tertiary/aromatic N) is 6. The molecular weight excluding hydrogens is 730 g/mol. The summed E-state index contributed by atoms with van der Waals surface area (Å²) in [6.07, 6.45) is -7.16. The Morgan fingerprint density at radius 3 is 1.35 bits per heavy atom. The fourth-order valence-electron chi connectivity index (χ4n) is 4.97. The summed E-state index contributed by atoms with van der Waals surface area (Å²) in [4.78, 5) is 44.2. The lowest BCUT2D eigenvalue weighted by Gasteiger charge is -2.27. The Hall–Kier alpha value is -6.09. The number of alkyl halides is 6. The summed E-state index contributed by atoms with van der Waals surface area (Å²) >= 11 is 0. The van der Waals surface area contributed by atoms with Gasteiger partial charge in [-0.05, 0) is 59.4 Å². The van der Waals surface area contributed by atoms with Crippen LogP contribution in [0.15, 0.2) is 61.2 Å². The normalized spacial score (nSPS) is 13.4. The van der Waals surface area contributed by atoms with E-state index in [1.807, 2.05) is 10.9 Å². The maximum Gasteiger partial charge on any atom is 0.509 e. The topological polar surface area (TPSA) is 207 Å². The van der Waals surface area contributed by atoms with Crippen LogP contribution in [0.2, 0.25) is 0 Å². The molecule has 2 unspecified atom stereocenters. The smallest absolute Gasteiger partial charge is 0.426 e. The predicted molar refractivity (Wildman–Crippen MR) is 179 cm³/mol. The highest BCUT2D eigenvalue weighted by Gasteiger charge is 2.36. The Labute approximate surface area is 303 Å². The van der Waals surface area contributed by atoms with Crippen molar-refractivity contribution in [2.45, 2.75) is 52.3 Å². The lowest BCUT2D eigenvalue weighted by Crippen LogP contribution is -2.28. The number of rotatable bonds is 12. The molecule has 2 heterocycles. The van der Waals surface area contributed by atoms with Crippen LogP contribution in [0, 0.1) is 11.8 Å². The first-order valence-electron chi connectivity index (χ1n) is 15.8. The predicted octanol–water partition coefficient (Wildman–Crippen LogP) is 5.41. The van der Waals surface area contributed by atoms with Gasteiger partial charge in [0.2, 0.25) is 0 Å². The number of hydrogen-bond acceptors (Lipinski definition) is 11. The van der Waals surface area contributed by atoms with E-state index in [1.54, 1.807) is 27.7 Å². The highest BCUT2D eigenvalue weighted by atomic mass is 19.4. The van der Waals surface area contributed by atoms with Gasteiger partial charge in [0.15, 0.2) is 11.6 Å². The highest BCUT2D eigenvalue weighted by molar-refractivity contribution is 5.89. The molecule has 0 aliphatic rings. The van der Waals surface area contributed by atoms with Gasteiger partial charge >= 0.3 is 18.5 Å². The highest BCUT2D eigenvalue weighted by Crippen LogP contribution is 2.39. The first-order chi connectivity index (χ1) is 25.3. The molecule has 2 aromatic carbocycles. The van der Waals surface area contributed by atoms with Crippen LogP contribution in [0.1, 0.15) is 62.2 Å². The average molecular weight is 765 g/mol. The molecule has 0 radical (unpaired) electrons. The molecular formula is C33H34F6N10O5. The molecule has 6 N–H and O–H groups in total. The van der Waals surface area contributed by atoms with E-state index in [2.05, 4.69) is 20.2 Å². The average Bonchev–Trinajstić information content (AvgIpc) is 3.80. The van der Waals surface area contributed by atoms with E-state index >= 15 is 0 Å². The number of amides is 2. The summed E-state index contributed by atoms with van der Waals surface area (Å²) in [6, 6.07) is 5.72. The van der Waals surface area contributed by atoms with Gasteiger partial charge in [-0.2, -0.15) is 26.3 Å². The first-order valence-corrected chi connectivity index (χ1v) is 15.8. The van der Waals surface area contributed by atoms with Crippen molar-refractivity contribution in [3.8, 4) is 22.8 Å². The molecule has 54 heavy (non-hydrogen) atoms. The molecule has 0 saturated carbocycles. The Kier molecular flexibility index (Phi) is 12.6. The summed E-state index contributed by atoms with van der Waals surface area (Å²) in [5.41, 5.74) is 1.08. The largest absolute Gasteiger partial charge is 0.509 e. The van der Waals surface area contributed by atoms with Gasteiger partial charge in [-0.25, -0.2) is 35.8 Å². The van der Waals surface area contributed by atoms with Crippen molar-refractivity contribution in [2.24, 2.45) is 23.5 Å². The van der Waals surface area contributed by atoms with Crippen LogP contribution in [0.25, 0.3) is 35.2 Å². The van der Waals surface area contributed by atoms with Crippen LogP contribution in [0.3, 0.4) is 0 Å². The van der Waals surface area contributed by atoms with Crippen molar-refractivity contribution < 1.29 is 50.2 Å². The molecule has 15 nitrogen and oxygen atoms in total. The van der Waals surface area contributed by atoms with E-state index in [4.69, 9.17) is 21.2 Å². The number of nitrogens with one attached hydrogen (secondary N) is 2. The van der Waals surface area contributed by atoms with Gasteiger partial charge in [0.1, 0.15) is 24.9 Å². The van der Waals surface area contributed by atoms with Gasteiger partial charge in [0.05, 0.1) is 11.1 Å². The molecule has 288 valence electrons. The van der Waals surface area contributed by atoms with Crippen LogP contribution in [-0.2, 0) is 31.4 Å². The molecule has 0 aliphatic heterocycles. The van der Waals surface area contributed by atoms with Crippen molar-refractivity contribution in [3.63, 3.8) is 0 Å². The number of aromatic nitrogens is 6. The van der Waals surface area contributed by atoms with Crippen LogP contribution < -0.4 is 22.5 Å². The van der Waals surface area contributed by atoms with Crippen molar-refractivity contribution in [1.82, 2.24) is 40.4 Å². The maximum atomic E-state index is 14.1. The van der Waals surface area contributed by atoms with Gasteiger partial charge in [-0.15, -0.1) is 10.2 Å². The molecule has 2 amide bonds. The van der Waals surface area contributed by atoms with Crippen molar-refractivity contribution in [1.29, 1.82) is 0 Å². The zero-order valence-corrected chi connectivity index (χ0v) is 28.9. The fraction of sp³-hybridized carbons (Fsp3) is 0.303. The minimum absolute atomic E-state index is 0.108. The quantitative estimate of drug-likeness (QED) is 0.0358. The second kappa shape index (κ2) is 16.7. The zero-order valence-electron chi connectivity index (χ0n) is 28.9. The summed E-state index contributed by atoms with van der Waals surface area (Å²) in [7, 11) is 0. The number of hydrogen-bond donors (Lipinski definition) is 4. The maximum absolute atomic E-state index is 14.1. The number of ether oxygens (including phenoxy) is 2. The summed E-state index contributed by atoms with van der Waals surface area (Å²) in [5, 5.41) is 8.13. The van der Waals surface area contributed by atoms with Crippen LogP contribution in [0.4, 0.5) is 31.1 Å². The third kappa shape index (κ3) is 10.5. The Morgan fingerprint density at radius 1 is 0.667 bits per heavy atom. The number of halogens is 6. The SMILES string of the molecule is CC(C)C(OC(=O)OC(c1cc(-c2ncn(/C=C/C(=O)NN)n2)cc(C(F)(F)F)c1)C(C)C)c1cc(-c2ncn(/C=C/C(=O)NN)n2)cc(C(F)(F)F)c1. The third-order valence-corrected chi connectivity index (χ3v) is 7.46. The summed E-state index contributed by atoms with van der Waals surface area (Å²) in [6.45, 7) is 6.28. The van der Waals surface area contributed by atoms with E-state index in [0.29, 0.717) is 0 Å². The second-order valence-electron chi connectivity index (χ2n) is 12.2. The standard InChI is InChI=1S/C33H34F6N10O5/c1-17(2)27(19-9-21(13-23(11-19)32(34,35)36)29-42-15-48(46-29)7-5-25(50)44-40)53-31(52)54-28(18(3)4)20-10-22(14-24(12-20)33(37,38)39)30-43-16-49(47-30)8-6-26(51)45-41/h5-18,27-28H,40-41H2,1-4H3,(H,44,50)(H,45,51)/b7-5+,8-6+. The van der Waals surface area contributed by atoms with Crippen molar-refractivity contribution in [2.75, 3.05) is 0 Å². The van der Waals surface area contributed by atoms with E-state index in [0.717, 1.165) is 70.8 Å². The van der Waals surface area contributed by atoms with Gasteiger partial charge in [-0.1, -0.05) is 27.7 Å². The number of hydrazine groups is 2. The van der Waals surface area contributed by atoms with Gasteiger partial charge in [0, 0.05) is 35.7 Å². The molecule has 0 bridgehead atoms. The molecule has 0 fully saturated rings. The van der Waals surface area contributed by atoms with Gasteiger partial charge in [-0.3, -0.25) is 20.4 Å². The number of nitrogens with two attached hydrogens (primary N) is 2. The molecule has 0 saturated heterocycles. The first kappa shape index (κ1) is 40.7.